The predicted octanol–water partition coefficient (Wildman–Crippen LogP) is 1.83. The molecule has 5 nitrogen and oxygen atoms in total. The van der Waals surface area contributed by atoms with Gasteiger partial charge in [0, 0.05) is 24.8 Å². The van der Waals surface area contributed by atoms with Crippen LogP contribution >= 0.6 is 0 Å². The Kier molecular flexibility index (Phi) is 3.89. The van der Waals surface area contributed by atoms with Crippen LogP contribution in [-0.4, -0.2) is 18.9 Å². The van der Waals surface area contributed by atoms with Crippen LogP contribution in [0.3, 0.4) is 0 Å². The first-order chi connectivity index (χ1) is 10.7. The minimum Gasteiger partial charge on any atom is -0.355 e. The highest BCUT2D eigenvalue weighted by atomic mass is 16.2. The molecule has 0 saturated carbocycles. The van der Waals surface area contributed by atoms with Gasteiger partial charge in [-0.1, -0.05) is 24.3 Å². The summed E-state index contributed by atoms with van der Waals surface area (Å²) in [7, 11) is 1.58. The summed E-state index contributed by atoms with van der Waals surface area (Å²) in [6.45, 7) is 0.698. The predicted molar refractivity (Wildman–Crippen MR) is 84.5 cm³/mol. The van der Waals surface area contributed by atoms with E-state index in [1.807, 2.05) is 24.3 Å². The molecule has 0 bridgehead atoms. The van der Waals surface area contributed by atoms with Crippen LogP contribution in [0.2, 0.25) is 0 Å². The van der Waals surface area contributed by atoms with Gasteiger partial charge in [-0.05, 0) is 35.4 Å². The van der Waals surface area contributed by atoms with Crippen molar-refractivity contribution in [3.05, 3.63) is 65.2 Å². The lowest BCUT2D eigenvalue weighted by atomic mass is 10.0. The number of anilines is 1. The second-order valence-corrected chi connectivity index (χ2v) is 5.16. The Labute approximate surface area is 128 Å². The molecule has 1 heterocycles. The first kappa shape index (κ1) is 14.3. The Balaban J connectivity index is 1.71. The first-order valence-electron chi connectivity index (χ1n) is 7.13. The van der Waals surface area contributed by atoms with Gasteiger partial charge < -0.3 is 10.6 Å². The van der Waals surface area contributed by atoms with E-state index in [0.717, 1.165) is 11.1 Å². The summed E-state index contributed by atoms with van der Waals surface area (Å²) < 4.78 is 0. The number of nitrogens with one attached hydrogen (secondary N) is 3. The molecule has 3 rings (SSSR count). The summed E-state index contributed by atoms with van der Waals surface area (Å²) >= 11 is 0. The molecule has 112 valence electrons. The molecule has 2 aromatic carbocycles. The Morgan fingerprint density at radius 1 is 1.09 bits per heavy atom. The molecular weight excluding hydrogens is 278 g/mol. The highest BCUT2D eigenvalue weighted by Crippen LogP contribution is 2.26. The highest BCUT2D eigenvalue weighted by molar-refractivity contribution is 5.97. The normalized spacial score (nSPS) is 16.0. The smallest absolute Gasteiger partial charge is 0.251 e. The highest BCUT2D eigenvalue weighted by Gasteiger charge is 2.27. The summed E-state index contributed by atoms with van der Waals surface area (Å²) in [4.78, 5) is 23.9. The van der Waals surface area contributed by atoms with Crippen molar-refractivity contribution in [3.8, 4) is 0 Å². The van der Waals surface area contributed by atoms with Gasteiger partial charge in [0.1, 0.15) is 6.04 Å². The zero-order chi connectivity index (χ0) is 15.5. The van der Waals surface area contributed by atoms with E-state index in [1.165, 1.54) is 0 Å². The van der Waals surface area contributed by atoms with Crippen molar-refractivity contribution in [2.75, 3.05) is 12.4 Å². The van der Waals surface area contributed by atoms with Crippen molar-refractivity contribution in [2.45, 2.75) is 12.6 Å². The third-order valence-corrected chi connectivity index (χ3v) is 3.77. The average Bonchev–Trinajstić information content (AvgIpc) is 2.99. The molecule has 2 amide bonds. The van der Waals surface area contributed by atoms with E-state index < -0.39 is 0 Å². The van der Waals surface area contributed by atoms with E-state index in [1.54, 1.807) is 31.3 Å². The molecule has 0 spiro atoms. The summed E-state index contributed by atoms with van der Waals surface area (Å²) in [6, 6.07) is 14.4. The summed E-state index contributed by atoms with van der Waals surface area (Å²) in [5, 5.41) is 8.64. The van der Waals surface area contributed by atoms with Crippen molar-refractivity contribution in [3.63, 3.8) is 0 Å². The third-order valence-electron chi connectivity index (χ3n) is 3.77. The van der Waals surface area contributed by atoms with Crippen molar-refractivity contribution < 1.29 is 9.59 Å². The summed E-state index contributed by atoms with van der Waals surface area (Å²) in [5.41, 5.74) is 3.40. The van der Waals surface area contributed by atoms with Crippen LogP contribution in [-0.2, 0) is 11.3 Å². The van der Waals surface area contributed by atoms with E-state index in [2.05, 4.69) is 16.0 Å². The second kappa shape index (κ2) is 5.99. The fourth-order valence-corrected chi connectivity index (χ4v) is 2.60. The number of fused-ring (bicyclic) bond motifs is 1. The maximum Gasteiger partial charge on any atom is 0.251 e. The van der Waals surface area contributed by atoms with E-state index >= 15 is 0 Å². The Hall–Kier alpha value is -2.66. The van der Waals surface area contributed by atoms with Gasteiger partial charge in [0.2, 0.25) is 5.91 Å². The molecule has 2 aromatic rings. The molecule has 1 atom stereocenters. The Bertz CT molecular complexity index is 710. The number of rotatable bonds is 3. The summed E-state index contributed by atoms with van der Waals surface area (Å²) in [5.74, 6) is -0.248. The molecule has 1 aliphatic heterocycles. The lowest BCUT2D eigenvalue weighted by molar-refractivity contribution is -0.118. The fourth-order valence-electron chi connectivity index (χ4n) is 2.60. The minimum absolute atomic E-state index is 0.0994. The molecule has 0 radical (unpaired) electrons. The van der Waals surface area contributed by atoms with Gasteiger partial charge in [-0.3, -0.25) is 14.9 Å². The molecule has 0 aliphatic carbocycles. The molecule has 0 saturated heterocycles. The maximum absolute atomic E-state index is 12.4. The quantitative estimate of drug-likeness (QED) is 0.809. The zero-order valence-corrected chi connectivity index (χ0v) is 12.2. The van der Waals surface area contributed by atoms with Crippen LogP contribution in [0, 0.1) is 0 Å². The van der Waals surface area contributed by atoms with Crippen molar-refractivity contribution in [1.29, 1.82) is 0 Å². The zero-order valence-electron chi connectivity index (χ0n) is 12.2. The van der Waals surface area contributed by atoms with Crippen molar-refractivity contribution >= 4 is 17.5 Å². The van der Waals surface area contributed by atoms with Gasteiger partial charge in [-0.2, -0.15) is 0 Å². The van der Waals surface area contributed by atoms with Gasteiger partial charge in [-0.15, -0.1) is 0 Å². The van der Waals surface area contributed by atoms with Crippen LogP contribution in [0.5, 0.6) is 0 Å². The van der Waals surface area contributed by atoms with Crippen LogP contribution in [0.25, 0.3) is 0 Å². The molecular formula is C17H17N3O2. The number of hydrogen-bond donors (Lipinski definition) is 3. The van der Waals surface area contributed by atoms with Crippen LogP contribution in [0.4, 0.5) is 5.69 Å². The largest absolute Gasteiger partial charge is 0.355 e. The standard InChI is InChI=1S/C17H17N3O2/c1-18-16(21)11-6-8-13(9-7-11)20-17(22)15-14-5-3-2-4-12(14)10-19-15/h2-9,15,19H,10H2,1H3,(H,18,21)(H,20,22). The maximum atomic E-state index is 12.4. The molecule has 22 heavy (non-hydrogen) atoms. The number of carbonyl (C=O) groups is 2. The van der Waals surface area contributed by atoms with Gasteiger partial charge in [0.05, 0.1) is 0 Å². The van der Waals surface area contributed by atoms with Gasteiger partial charge >= 0.3 is 0 Å². The topological polar surface area (TPSA) is 70.2 Å². The molecule has 1 aliphatic rings. The second-order valence-electron chi connectivity index (χ2n) is 5.16. The third kappa shape index (κ3) is 2.71. The monoisotopic (exact) mass is 295 g/mol. The average molecular weight is 295 g/mol. The molecule has 3 N–H and O–H groups in total. The lowest BCUT2D eigenvalue weighted by Gasteiger charge is -2.13. The lowest BCUT2D eigenvalue weighted by Crippen LogP contribution is -2.28. The number of carbonyl (C=O) groups excluding carboxylic acids is 2. The molecule has 0 fully saturated rings. The molecule has 0 aromatic heterocycles. The number of amides is 2. The Morgan fingerprint density at radius 2 is 1.82 bits per heavy atom. The Morgan fingerprint density at radius 3 is 2.55 bits per heavy atom. The van der Waals surface area contributed by atoms with Crippen molar-refractivity contribution in [2.24, 2.45) is 0 Å². The minimum atomic E-state index is -0.338. The molecule has 5 heteroatoms. The number of benzene rings is 2. The number of hydrogen-bond acceptors (Lipinski definition) is 3. The fraction of sp³-hybridized carbons (Fsp3) is 0.176. The van der Waals surface area contributed by atoms with Gasteiger partial charge in [0.25, 0.3) is 5.91 Å². The van der Waals surface area contributed by atoms with Crippen LogP contribution in [0.1, 0.15) is 27.5 Å². The van der Waals surface area contributed by atoms with Crippen LogP contribution in [0.15, 0.2) is 48.5 Å². The molecule has 1 unspecified atom stereocenters. The van der Waals surface area contributed by atoms with Gasteiger partial charge in [-0.25, -0.2) is 0 Å². The summed E-state index contributed by atoms with van der Waals surface area (Å²) in [6.07, 6.45) is 0. The van der Waals surface area contributed by atoms with Gasteiger partial charge in [0.15, 0.2) is 0 Å². The van der Waals surface area contributed by atoms with Crippen LogP contribution < -0.4 is 16.0 Å². The SMILES string of the molecule is CNC(=O)c1ccc(NC(=O)C2NCc3ccccc32)cc1. The van der Waals surface area contributed by atoms with Crippen molar-refractivity contribution in [1.82, 2.24) is 10.6 Å². The van der Waals surface area contributed by atoms with E-state index in [4.69, 9.17) is 0 Å². The van der Waals surface area contributed by atoms with E-state index in [9.17, 15) is 9.59 Å². The van der Waals surface area contributed by atoms with E-state index in [-0.39, 0.29) is 17.9 Å². The van der Waals surface area contributed by atoms with E-state index in [0.29, 0.717) is 17.8 Å². The first-order valence-corrected chi connectivity index (χ1v) is 7.13.